The molecule has 0 aromatic rings. The topological polar surface area (TPSA) is 29.3 Å². The summed E-state index contributed by atoms with van der Waals surface area (Å²) < 4.78 is 0. The molecule has 2 heteroatoms. The van der Waals surface area contributed by atoms with Gasteiger partial charge in [-0.15, -0.1) is 0 Å². The largest absolute Gasteiger partial charge is 0.328 e. The molecule has 2 nitrogen and oxygen atoms in total. The number of hydrogen-bond donors (Lipinski definition) is 1. The van der Waals surface area contributed by atoms with E-state index < -0.39 is 0 Å². The van der Waals surface area contributed by atoms with Crippen molar-refractivity contribution < 1.29 is 0 Å². The summed E-state index contributed by atoms with van der Waals surface area (Å²) in [5.41, 5.74) is 5.81. The molecule has 2 N–H and O–H groups in total. The molecule has 2 unspecified atom stereocenters. The van der Waals surface area contributed by atoms with Crippen molar-refractivity contribution in [1.29, 1.82) is 0 Å². The van der Waals surface area contributed by atoms with Crippen molar-refractivity contribution in [3.8, 4) is 0 Å². The smallest absolute Gasteiger partial charge is 0.00483 e. The van der Waals surface area contributed by atoms with Crippen molar-refractivity contribution in [3.05, 3.63) is 0 Å². The van der Waals surface area contributed by atoms with E-state index in [-0.39, 0.29) is 0 Å². The lowest BCUT2D eigenvalue weighted by Gasteiger charge is -2.24. The molecule has 0 fully saturated rings. The molecular weight excluding hydrogens is 160 g/mol. The summed E-state index contributed by atoms with van der Waals surface area (Å²) in [6, 6.07) is 0.307. The van der Waals surface area contributed by atoms with Crippen LogP contribution in [0.25, 0.3) is 0 Å². The Labute approximate surface area is 83.5 Å². The third kappa shape index (κ3) is 7.03. The van der Waals surface area contributed by atoms with E-state index in [1.54, 1.807) is 0 Å². The molecule has 0 amide bonds. The summed E-state index contributed by atoms with van der Waals surface area (Å²) in [6.07, 6.45) is 1.28. The lowest BCUT2D eigenvalue weighted by molar-refractivity contribution is 0.255. The summed E-state index contributed by atoms with van der Waals surface area (Å²) >= 11 is 0. The number of nitrogens with two attached hydrogens (primary N) is 1. The zero-order valence-corrected chi connectivity index (χ0v) is 9.88. The van der Waals surface area contributed by atoms with Crippen LogP contribution >= 0.6 is 0 Å². The van der Waals surface area contributed by atoms with Crippen LogP contribution in [0.5, 0.6) is 0 Å². The third-order valence-electron chi connectivity index (χ3n) is 2.59. The van der Waals surface area contributed by atoms with Crippen LogP contribution < -0.4 is 5.73 Å². The molecule has 0 radical (unpaired) electrons. The Morgan fingerprint density at radius 1 is 1.15 bits per heavy atom. The van der Waals surface area contributed by atoms with Crippen LogP contribution in [0.1, 0.15) is 34.1 Å². The highest BCUT2D eigenvalue weighted by atomic mass is 15.1. The standard InChI is InChI=1S/C11H26N2/c1-9(2)6-7-13(5)8-10(3)11(4)12/h9-11H,6-8,12H2,1-5H3. The maximum atomic E-state index is 5.81. The van der Waals surface area contributed by atoms with Gasteiger partial charge in [0.15, 0.2) is 0 Å². The Hall–Kier alpha value is -0.0800. The Kier molecular flexibility index (Phi) is 6.35. The van der Waals surface area contributed by atoms with Gasteiger partial charge in [-0.05, 0) is 38.8 Å². The summed E-state index contributed by atoms with van der Waals surface area (Å²) in [6.45, 7) is 11.1. The first kappa shape index (κ1) is 12.9. The van der Waals surface area contributed by atoms with Crippen LogP contribution in [0.15, 0.2) is 0 Å². The first-order chi connectivity index (χ1) is 5.93. The van der Waals surface area contributed by atoms with E-state index >= 15 is 0 Å². The number of hydrogen-bond acceptors (Lipinski definition) is 2. The van der Waals surface area contributed by atoms with Gasteiger partial charge in [-0.3, -0.25) is 0 Å². The zero-order chi connectivity index (χ0) is 10.4. The fourth-order valence-corrected chi connectivity index (χ4v) is 1.23. The van der Waals surface area contributed by atoms with E-state index in [0.29, 0.717) is 12.0 Å². The predicted octanol–water partition coefficient (Wildman–Crippen LogP) is 1.95. The number of rotatable bonds is 6. The maximum Gasteiger partial charge on any atom is 0.00483 e. The van der Waals surface area contributed by atoms with E-state index in [0.717, 1.165) is 12.5 Å². The average molecular weight is 186 g/mol. The minimum atomic E-state index is 0.307. The van der Waals surface area contributed by atoms with E-state index in [1.807, 2.05) is 0 Å². The Bertz CT molecular complexity index is 121. The molecular formula is C11H26N2. The molecule has 0 aliphatic rings. The van der Waals surface area contributed by atoms with Crippen molar-refractivity contribution in [2.75, 3.05) is 20.1 Å². The zero-order valence-electron chi connectivity index (χ0n) is 9.88. The van der Waals surface area contributed by atoms with Gasteiger partial charge < -0.3 is 10.6 Å². The molecule has 0 saturated heterocycles. The molecule has 0 bridgehead atoms. The fraction of sp³-hybridized carbons (Fsp3) is 1.00. The SMILES string of the molecule is CC(C)CCN(C)CC(C)C(C)N. The third-order valence-corrected chi connectivity index (χ3v) is 2.59. The van der Waals surface area contributed by atoms with Crippen LogP contribution in [-0.4, -0.2) is 31.1 Å². The molecule has 0 heterocycles. The van der Waals surface area contributed by atoms with E-state index in [1.165, 1.54) is 13.0 Å². The highest BCUT2D eigenvalue weighted by Crippen LogP contribution is 2.05. The Balaban J connectivity index is 3.55. The minimum Gasteiger partial charge on any atom is -0.328 e. The molecule has 0 saturated carbocycles. The van der Waals surface area contributed by atoms with Gasteiger partial charge in [0.25, 0.3) is 0 Å². The monoisotopic (exact) mass is 186 g/mol. The van der Waals surface area contributed by atoms with Gasteiger partial charge in [0.2, 0.25) is 0 Å². The van der Waals surface area contributed by atoms with Crippen LogP contribution in [0, 0.1) is 11.8 Å². The number of nitrogens with zero attached hydrogens (tertiary/aromatic N) is 1. The molecule has 0 aromatic heterocycles. The molecule has 2 atom stereocenters. The second kappa shape index (κ2) is 6.39. The molecule has 0 aliphatic heterocycles. The van der Waals surface area contributed by atoms with E-state index in [9.17, 15) is 0 Å². The quantitative estimate of drug-likeness (QED) is 0.687. The van der Waals surface area contributed by atoms with Crippen molar-refractivity contribution in [3.63, 3.8) is 0 Å². The van der Waals surface area contributed by atoms with Crippen molar-refractivity contribution in [2.24, 2.45) is 17.6 Å². The lowest BCUT2D eigenvalue weighted by atomic mass is 10.0. The first-order valence-electron chi connectivity index (χ1n) is 5.37. The summed E-state index contributed by atoms with van der Waals surface area (Å²) in [4.78, 5) is 2.38. The second-order valence-electron chi connectivity index (χ2n) is 4.78. The molecule has 0 rings (SSSR count). The van der Waals surface area contributed by atoms with Gasteiger partial charge in [0.05, 0.1) is 0 Å². The Morgan fingerprint density at radius 3 is 2.08 bits per heavy atom. The lowest BCUT2D eigenvalue weighted by Crippen LogP contribution is -2.35. The maximum absolute atomic E-state index is 5.81. The highest BCUT2D eigenvalue weighted by molar-refractivity contribution is 4.67. The van der Waals surface area contributed by atoms with Crippen LogP contribution in [0.3, 0.4) is 0 Å². The van der Waals surface area contributed by atoms with Gasteiger partial charge in [0, 0.05) is 12.6 Å². The van der Waals surface area contributed by atoms with Gasteiger partial charge in [-0.2, -0.15) is 0 Å². The van der Waals surface area contributed by atoms with E-state index in [4.69, 9.17) is 5.73 Å². The van der Waals surface area contributed by atoms with Crippen molar-refractivity contribution in [2.45, 2.75) is 40.2 Å². The van der Waals surface area contributed by atoms with Crippen molar-refractivity contribution in [1.82, 2.24) is 4.90 Å². The Morgan fingerprint density at radius 2 is 1.69 bits per heavy atom. The van der Waals surface area contributed by atoms with E-state index in [2.05, 4.69) is 39.6 Å². The minimum absolute atomic E-state index is 0.307. The fourth-order valence-electron chi connectivity index (χ4n) is 1.23. The molecule has 0 aliphatic carbocycles. The average Bonchev–Trinajstić information content (AvgIpc) is 2.00. The molecule has 0 aromatic carbocycles. The molecule has 0 spiro atoms. The molecule has 13 heavy (non-hydrogen) atoms. The summed E-state index contributed by atoms with van der Waals surface area (Å²) in [5.74, 6) is 1.39. The van der Waals surface area contributed by atoms with Gasteiger partial charge >= 0.3 is 0 Å². The molecule has 80 valence electrons. The highest BCUT2D eigenvalue weighted by Gasteiger charge is 2.10. The first-order valence-corrected chi connectivity index (χ1v) is 5.37. The second-order valence-corrected chi connectivity index (χ2v) is 4.78. The van der Waals surface area contributed by atoms with Crippen LogP contribution in [0.4, 0.5) is 0 Å². The normalized spacial score (nSPS) is 16.6. The van der Waals surface area contributed by atoms with Gasteiger partial charge in [-0.1, -0.05) is 20.8 Å². The van der Waals surface area contributed by atoms with Crippen LogP contribution in [0.2, 0.25) is 0 Å². The predicted molar refractivity (Wildman–Crippen MR) is 59.8 cm³/mol. The van der Waals surface area contributed by atoms with Gasteiger partial charge in [0.1, 0.15) is 0 Å². The summed E-state index contributed by atoms with van der Waals surface area (Å²) in [7, 11) is 2.18. The van der Waals surface area contributed by atoms with Gasteiger partial charge in [-0.25, -0.2) is 0 Å². The van der Waals surface area contributed by atoms with Crippen LogP contribution in [-0.2, 0) is 0 Å². The van der Waals surface area contributed by atoms with Crippen molar-refractivity contribution >= 4 is 0 Å². The summed E-state index contributed by atoms with van der Waals surface area (Å²) in [5, 5.41) is 0.